The Balaban J connectivity index is 1.90. The normalized spacial score (nSPS) is 20.9. The van der Waals surface area contributed by atoms with E-state index in [0.717, 1.165) is 18.5 Å². The van der Waals surface area contributed by atoms with E-state index < -0.39 is 12.0 Å². The molecule has 1 fully saturated rings. The van der Waals surface area contributed by atoms with Gasteiger partial charge < -0.3 is 20.2 Å². The van der Waals surface area contributed by atoms with Crippen molar-refractivity contribution in [3.63, 3.8) is 0 Å². The lowest BCUT2D eigenvalue weighted by molar-refractivity contribution is -0.143. The Labute approximate surface area is 140 Å². The van der Waals surface area contributed by atoms with Crippen molar-refractivity contribution >= 4 is 29.2 Å². The van der Waals surface area contributed by atoms with Crippen LogP contribution in [0.25, 0.3) is 0 Å². The molecule has 2 aliphatic rings. The zero-order chi connectivity index (χ0) is 17.3. The molecule has 7 heteroatoms. The van der Waals surface area contributed by atoms with Crippen molar-refractivity contribution in [2.45, 2.75) is 31.7 Å². The number of carboxylic acid groups (broad SMARTS) is 1. The van der Waals surface area contributed by atoms with E-state index >= 15 is 0 Å². The van der Waals surface area contributed by atoms with Crippen molar-refractivity contribution < 1.29 is 19.5 Å². The number of benzene rings is 1. The number of hydrogen-bond acceptors (Lipinski definition) is 4. The van der Waals surface area contributed by atoms with Gasteiger partial charge in [0.25, 0.3) is 5.91 Å². The van der Waals surface area contributed by atoms with Crippen LogP contribution < -0.4 is 10.2 Å². The van der Waals surface area contributed by atoms with Crippen LogP contribution in [0.15, 0.2) is 18.2 Å². The molecular weight excluding hydrogens is 310 g/mol. The van der Waals surface area contributed by atoms with Crippen LogP contribution in [-0.2, 0) is 9.59 Å². The third-order valence-corrected chi connectivity index (χ3v) is 4.65. The van der Waals surface area contributed by atoms with E-state index in [2.05, 4.69) is 5.32 Å². The molecule has 2 N–H and O–H groups in total. The predicted molar refractivity (Wildman–Crippen MR) is 89.3 cm³/mol. The maximum Gasteiger partial charge on any atom is 0.326 e. The summed E-state index contributed by atoms with van der Waals surface area (Å²) in [6.45, 7) is 1.05. The summed E-state index contributed by atoms with van der Waals surface area (Å²) in [4.78, 5) is 39.4. The second-order valence-corrected chi connectivity index (χ2v) is 6.30. The number of amides is 2. The largest absolute Gasteiger partial charge is 0.480 e. The molecule has 1 atom stereocenters. The van der Waals surface area contributed by atoms with Gasteiger partial charge in [0.05, 0.1) is 11.4 Å². The van der Waals surface area contributed by atoms with Crippen LogP contribution in [0.1, 0.15) is 36.0 Å². The molecule has 7 nitrogen and oxygen atoms in total. The van der Waals surface area contributed by atoms with E-state index in [1.807, 2.05) is 11.9 Å². The van der Waals surface area contributed by atoms with Crippen molar-refractivity contribution in [1.29, 1.82) is 0 Å². The molecule has 1 aromatic carbocycles. The first kappa shape index (κ1) is 16.3. The number of rotatable bonds is 2. The Kier molecular flexibility index (Phi) is 4.42. The number of anilines is 2. The lowest BCUT2D eigenvalue weighted by Crippen LogP contribution is -2.48. The fraction of sp³-hybridized carbons (Fsp3) is 0.471. The summed E-state index contributed by atoms with van der Waals surface area (Å²) in [5.41, 5.74) is 1.85. The minimum atomic E-state index is -0.967. The molecule has 24 heavy (non-hydrogen) atoms. The Morgan fingerprint density at radius 3 is 2.79 bits per heavy atom. The monoisotopic (exact) mass is 331 g/mol. The molecule has 1 saturated heterocycles. The summed E-state index contributed by atoms with van der Waals surface area (Å²) in [6, 6.07) is 4.36. The van der Waals surface area contributed by atoms with Gasteiger partial charge in [-0.05, 0) is 37.5 Å². The van der Waals surface area contributed by atoms with Crippen LogP contribution in [0.5, 0.6) is 0 Å². The maximum atomic E-state index is 12.8. The highest BCUT2D eigenvalue weighted by atomic mass is 16.4. The van der Waals surface area contributed by atoms with E-state index in [4.69, 9.17) is 0 Å². The molecule has 2 aliphatic heterocycles. The fourth-order valence-electron chi connectivity index (χ4n) is 3.30. The third kappa shape index (κ3) is 3.06. The molecule has 0 saturated carbocycles. The molecule has 0 bridgehead atoms. The summed E-state index contributed by atoms with van der Waals surface area (Å²) in [7, 11) is 1.89. The average molecular weight is 331 g/mol. The van der Waals surface area contributed by atoms with Crippen molar-refractivity contribution in [3.8, 4) is 0 Å². The predicted octanol–water partition coefficient (Wildman–Crippen LogP) is 1.54. The van der Waals surface area contributed by atoms with Gasteiger partial charge in [-0.3, -0.25) is 9.59 Å². The van der Waals surface area contributed by atoms with Crippen LogP contribution in [-0.4, -0.2) is 54.0 Å². The molecule has 0 radical (unpaired) electrons. The summed E-state index contributed by atoms with van der Waals surface area (Å²) in [6.07, 6.45) is 2.49. The number of likely N-dealkylation sites (tertiary alicyclic amines) is 1. The van der Waals surface area contributed by atoms with Gasteiger partial charge in [0, 0.05) is 32.1 Å². The topological polar surface area (TPSA) is 90.0 Å². The van der Waals surface area contributed by atoms with Crippen LogP contribution >= 0.6 is 0 Å². The number of hydrogen-bond donors (Lipinski definition) is 2. The molecule has 128 valence electrons. The van der Waals surface area contributed by atoms with Gasteiger partial charge >= 0.3 is 5.97 Å². The molecule has 0 aromatic heterocycles. The number of carboxylic acids is 1. The minimum Gasteiger partial charge on any atom is -0.480 e. The van der Waals surface area contributed by atoms with E-state index in [9.17, 15) is 19.5 Å². The molecule has 0 spiro atoms. The molecule has 0 aliphatic carbocycles. The number of fused-ring (bicyclic) bond motifs is 1. The first-order chi connectivity index (χ1) is 11.5. The Hall–Kier alpha value is -2.57. The molecular formula is C17H21N3O4. The van der Waals surface area contributed by atoms with Crippen molar-refractivity contribution in [2.24, 2.45) is 0 Å². The van der Waals surface area contributed by atoms with Crippen LogP contribution in [0.4, 0.5) is 11.4 Å². The van der Waals surface area contributed by atoms with Gasteiger partial charge in [0.1, 0.15) is 6.04 Å². The second-order valence-electron chi connectivity index (χ2n) is 6.30. The second kappa shape index (κ2) is 6.51. The maximum absolute atomic E-state index is 12.8. The fourth-order valence-corrected chi connectivity index (χ4v) is 3.30. The SMILES string of the molecule is CN1CCC(=O)Nc2cc(C(=O)N3CCCCC3C(=O)O)ccc21. The van der Waals surface area contributed by atoms with E-state index in [0.29, 0.717) is 37.2 Å². The van der Waals surface area contributed by atoms with Gasteiger partial charge in [-0.25, -0.2) is 4.79 Å². The average Bonchev–Trinajstić information content (AvgIpc) is 2.72. The summed E-state index contributed by atoms with van der Waals surface area (Å²) in [5.74, 6) is -1.36. The number of piperidine rings is 1. The molecule has 1 aromatic rings. The van der Waals surface area contributed by atoms with Gasteiger partial charge in [-0.1, -0.05) is 0 Å². The number of nitrogens with one attached hydrogen (secondary N) is 1. The van der Waals surface area contributed by atoms with Gasteiger partial charge in [-0.15, -0.1) is 0 Å². The quantitative estimate of drug-likeness (QED) is 0.858. The number of carbonyl (C=O) groups excluding carboxylic acids is 2. The number of aliphatic carboxylic acids is 1. The van der Waals surface area contributed by atoms with Crippen molar-refractivity contribution in [1.82, 2.24) is 4.90 Å². The zero-order valence-electron chi connectivity index (χ0n) is 13.6. The first-order valence-corrected chi connectivity index (χ1v) is 8.16. The highest BCUT2D eigenvalue weighted by Crippen LogP contribution is 2.30. The highest BCUT2D eigenvalue weighted by Gasteiger charge is 2.32. The zero-order valence-corrected chi connectivity index (χ0v) is 13.6. The van der Waals surface area contributed by atoms with Crippen LogP contribution in [0.3, 0.4) is 0 Å². The minimum absolute atomic E-state index is 0.0911. The van der Waals surface area contributed by atoms with Crippen LogP contribution in [0, 0.1) is 0 Å². The molecule has 2 amide bonds. The summed E-state index contributed by atoms with van der Waals surface area (Å²) >= 11 is 0. The van der Waals surface area contributed by atoms with Gasteiger partial charge in [-0.2, -0.15) is 0 Å². The van der Waals surface area contributed by atoms with E-state index in [1.165, 1.54) is 4.90 Å². The van der Waals surface area contributed by atoms with Gasteiger partial charge in [0.15, 0.2) is 0 Å². The Morgan fingerprint density at radius 2 is 2.04 bits per heavy atom. The molecule has 3 rings (SSSR count). The lowest BCUT2D eigenvalue weighted by Gasteiger charge is -2.33. The number of carbonyl (C=O) groups is 3. The lowest BCUT2D eigenvalue weighted by atomic mass is 10.0. The van der Waals surface area contributed by atoms with E-state index in [-0.39, 0.29) is 11.8 Å². The first-order valence-electron chi connectivity index (χ1n) is 8.16. The highest BCUT2D eigenvalue weighted by molar-refractivity contribution is 6.01. The molecule has 2 heterocycles. The van der Waals surface area contributed by atoms with Crippen molar-refractivity contribution in [3.05, 3.63) is 23.8 Å². The molecule has 1 unspecified atom stereocenters. The van der Waals surface area contributed by atoms with Gasteiger partial charge in [0.2, 0.25) is 5.91 Å². The summed E-state index contributed by atoms with van der Waals surface area (Å²) in [5, 5.41) is 12.2. The summed E-state index contributed by atoms with van der Waals surface area (Å²) < 4.78 is 0. The van der Waals surface area contributed by atoms with Crippen LogP contribution in [0.2, 0.25) is 0 Å². The Morgan fingerprint density at radius 1 is 1.25 bits per heavy atom. The Bertz CT molecular complexity index is 688. The van der Waals surface area contributed by atoms with E-state index in [1.54, 1.807) is 18.2 Å². The number of nitrogens with zero attached hydrogens (tertiary/aromatic N) is 2. The third-order valence-electron chi connectivity index (χ3n) is 4.65. The smallest absolute Gasteiger partial charge is 0.326 e. The standard InChI is InChI=1S/C17H21N3O4/c1-19-9-7-15(21)18-12-10-11(5-6-13(12)19)16(22)20-8-3-2-4-14(20)17(23)24/h5-6,10,14H,2-4,7-9H2,1H3,(H,18,21)(H,23,24). The van der Waals surface area contributed by atoms with Crippen molar-refractivity contribution in [2.75, 3.05) is 30.4 Å².